The molecule has 0 fully saturated rings. The third-order valence-corrected chi connectivity index (χ3v) is 3.67. The molecule has 3 aromatic rings. The molecule has 0 amide bonds. The standard InChI is InChI=1S/C18H16F4N8/c19-14-7-3-12(4-8-14)10-25-30-17-27-15(23)26-16(28-17)29-24-9-11-1-5-13(6-2-11)18(20,21)22/h1-9,25H,10H2,(H4,23,26,27,28,29,30). The molecule has 156 valence electrons. The molecular weight excluding hydrogens is 404 g/mol. The minimum absolute atomic E-state index is 0.0248. The summed E-state index contributed by atoms with van der Waals surface area (Å²) in [6, 6.07) is 10.4. The van der Waals surface area contributed by atoms with Crippen molar-refractivity contribution in [2.75, 3.05) is 16.6 Å². The Morgan fingerprint density at radius 3 is 2.27 bits per heavy atom. The lowest BCUT2D eigenvalue weighted by molar-refractivity contribution is -0.137. The van der Waals surface area contributed by atoms with Gasteiger partial charge < -0.3 is 5.73 Å². The number of nitrogens with zero attached hydrogens (tertiary/aromatic N) is 4. The van der Waals surface area contributed by atoms with E-state index in [0.29, 0.717) is 12.1 Å². The van der Waals surface area contributed by atoms with Crippen LogP contribution in [0.3, 0.4) is 0 Å². The highest BCUT2D eigenvalue weighted by molar-refractivity contribution is 5.80. The van der Waals surface area contributed by atoms with Crippen LogP contribution in [0.2, 0.25) is 0 Å². The van der Waals surface area contributed by atoms with E-state index >= 15 is 0 Å². The molecule has 0 unspecified atom stereocenters. The predicted octanol–water partition coefficient (Wildman–Crippen LogP) is 3.17. The molecule has 8 nitrogen and oxygen atoms in total. The van der Waals surface area contributed by atoms with Crippen LogP contribution in [0.25, 0.3) is 0 Å². The van der Waals surface area contributed by atoms with Crippen LogP contribution in [0, 0.1) is 5.82 Å². The fourth-order valence-electron chi connectivity index (χ4n) is 2.25. The topological polar surface area (TPSA) is 113 Å². The molecule has 1 heterocycles. The Hall–Kier alpha value is -3.80. The Kier molecular flexibility index (Phi) is 6.37. The first-order valence-electron chi connectivity index (χ1n) is 8.51. The van der Waals surface area contributed by atoms with Crippen LogP contribution in [-0.4, -0.2) is 21.2 Å². The third-order valence-electron chi connectivity index (χ3n) is 3.67. The Morgan fingerprint density at radius 1 is 0.933 bits per heavy atom. The van der Waals surface area contributed by atoms with Crippen molar-refractivity contribution in [1.82, 2.24) is 20.4 Å². The van der Waals surface area contributed by atoms with Crippen LogP contribution >= 0.6 is 0 Å². The lowest BCUT2D eigenvalue weighted by atomic mass is 10.1. The molecular formula is C18H16F4N8. The highest BCUT2D eigenvalue weighted by Gasteiger charge is 2.29. The highest BCUT2D eigenvalue weighted by Crippen LogP contribution is 2.28. The van der Waals surface area contributed by atoms with Crippen LogP contribution < -0.4 is 22.0 Å². The number of nitrogens with one attached hydrogen (secondary N) is 3. The molecule has 3 rings (SSSR count). The van der Waals surface area contributed by atoms with E-state index in [1.165, 1.54) is 30.5 Å². The number of alkyl halides is 3. The van der Waals surface area contributed by atoms with Gasteiger partial charge in [-0.2, -0.15) is 33.2 Å². The van der Waals surface area contributed by atoms with Crippen molar-refractivity contribution in [3.05, 3.63) is 71.0 Å². The van der Waals surface area contributed by atoms with Crippen molar-refractivity contribution in [2.45, 2.75) is 12.7 Å². The van der Waals surface area contributed by atoms with Gasteiger partial charge in [-0.15, -0.1) is 0 Å². The molecule has 0 atom stereocenters. The smallest absolute Gasteiger partial charge is 0.368 e. The number of aromatic nitrogens is 3. The quantitative estimate of drug-likeness (QED) is 0.264. The summed E-state index contributed by atoms with van der Waals surface area (Å²) in [6.45, 7) is 0.362. The first kappa shape index (κ1) is 20.9. The summed E-state index contributed by atoms with van der Waals surface area (Å²) in [5, 5.41) is 3.87. The summed E-state index contributed by atoms with van der Waals surface area (Å²) in [7, 11) is 0. The predicted molar refractivity (Wildman–Crippen MR) is 104 cm³/mol. The van der Waals surface area contributed by atoms with Crippen molar-refractivity contribution in [3.63, 3.8) is 0 Å². The molecule has 0 aliphatic heterocycles. The van der Waals surface area contributed by atoms with Crippen molar-refractivity contribution >= 4 is 24.1 Å². The molecule has 12 heteroatoms. The molecule has 0 radical (unpaired) electrons. The van der Waals surface area contributed by atoms with Gasteiger partial charge in [-0.05, 0) is 35.4 Å². The maximum atomic E-state index is 12.9. The van der Waals surface area contributed by atoms with Crippen LogP contribution in [0.1, 0.15) is 16.7 Å². The summed E-state index contributed by atoms with van der Waals surface area (Å²) >= 11 is 0. The van der Waals surface area contributed by atoms with Gasteiger partial charge in [0.05, 0.1) is 11.8 Å². The molecule has 0 bridgehead atoms. The zero-order valence-electron chi connectivity index (χ0n) is 15.3. The number of hydrazone groups is 1. The second-order valence-electron chi connectivity index (χ2n) is 5.94. The number of hydrogen-bond donors (Lipinski definition) is 4. The number of nitrogen functional groups attached to an aromatic ring is 1. The first-order valence-corrected chi connectivity index (χ1v) is 8.51. The van der Waals surface area contributed by atoms with Gasteiger partial charge in [-0.1, -0.05) is 24.3 Å². The summed E-state index contributed by atoms with van der Waals surface area (Å²) in [5.41, 5.74) is 14.3. The van der Waals surface area contributed by atoms with Crippen molar-refractivity contribution in [1.29, 1.82) is 0 Å². The van der Waals surface area contributed by atoms with Gasteiger partial charge in [0.1, 0.15) is 5.82 Å². The zero-order chi connectivity index (χ0) is 21.6. The van der Waals surface area contributed by atoms with E-state index in [0.717, 1.165) is 17.7 Å². The van der Waals surface area contributed by atoms with Crippen molar-refractivity contribution < 1.29 is 17.6 Å². The number of hydrazine groups is 1. The van der Waals surface area contributed by atoms with E-state index in [1.807, 2.05) is 0 Å². The third kappa shape index (κ3) is 6.10. The maximum absolute atomic E-state index is 12.9. The molecule has 30 heavy (non-hydrogen) atoms. The monoisotopic (exact) mass is 420 g/mol. The minimum Gasteiger partial charge on any atom is -0.368 e. The van der Waals surface area contributed by atoms with Gasteiger partial charge in [-0.3, -0.25) is 5.43 Å². The van der Waals surface area contributed by atoms with E-state index in [1.54, 1.807) is 12.1 Å². The number of hydrogen-bond acceptors (Lipinski definition) is 8. The van der Waals surface area contributed by atoms with Gasteiger partial charge in [0.25, 0.3) is 0 Å². The van der Waals surface area contributed by atoms with E-state index in [-0.39, 0.29) is 23.7 Å². The number of anilines is 3. The summed E-state index contributed by atoms with van der Waals surface area (Å²) < 4.78 is 50.6. The van der Waals surface area contributed by atoms with Crippen LogP contribution in [0.5, 0.6) is 0 Å². The zero-order valence-corrected chi connectivity index (χ0v) is 15.3. The Morgan fingerprint density at radius 2 is 1.60 bits per heavy atom. The normalized spacial score (nSPS) is 11.6. The van der Waals surface area contributed by atoms with E-state index in [2.05, 4.69) is 36.3 Å². The van der Waals surface area contributed by atoms with Gasteiger partial charge in [-0.25, -0.2) is 15.2 Å². The molecule has 0 saturated carbocycles. The molecule has 1 aromatic heterocycles. The minimum atomic E-state index is -4.40. The van der Waals surface area contributed by atoms with Crippen LogP contribution in [-0.2, 0) is 12.7 Å². The second-order valence-corrected chi connectivity index (χ2v) is 5.94. The van der Waals surface area contributed by atoms with E-state index < -0.39 is 11.7 Å². The lowest BCUT2D eigenvalue weighted by Gasteiger charge is -2.08. The molecule has 0 aliphatic carbocycles. The van der Waals surface area contributed by atoms with Gasteiger partial charge >= 0.3 is 6.18 Å². The summed E-state index contributed by atoms with van der Waals surface area (Å²) in [5.74, 6) is -0.276. The molecule has 0 aliphatic rings. The first-order chi connectivity index (χ1) is 14.3. The maximum Gasteiger partial charge on any atom is 0.416 e. The largest absolute Gasteiger partial charge is 0.416 e. The van der Waals surface area contributed by atoms with Gasteiger partial charge in [0.2, 0.25) is 17.8 Å². The number of rotatable bonds is 7. The van der Waals surface area contributed by atoms with E-state index in [9.17, 15) is 17.6 Å². The Labute approximate surface area is 168 Å². The van der Waals surface area contributed by atoms with Gasteiger partial charge in [0.15, 0.2) is 0 Å². The molecule has 0 saturated heterocycles. The highest BCUT2D eigenvalue weighted by atomic mass is 19.4. The average Bonchev–Trinajstić information content (AvgIpc) is 2.69. The summed E-state index contributed by atoms with van der Waals surface area (Å²) in [4.78, 5) is 11.8. The number of benzene rings is 2. The lowest BCUT2D eigenvalue weighted by Crippen LogP contribution is -2.23. The van der Waals surface area contributed by atoms with Crippen LogP contribution in [0.4, 0.5) is 35.4 Å². The Bertz CT molecular complexity index is 1000. The summed E-state index contributed by atoms with van der Waals surface area (Å²) in [6.07, 6.45) is -3.09. The average molecular weight is 420 g/mol. The molecule has 2 aromatic carbocycles. The van der Waals surface area contributed by atoms with Crippen LogP contribution in [0.15, 0.2) is 53.6 Å². The molecule has 5 N–H and O–H groups in total. The Balaban J connectivity index is 1.56. The number of halogens is 4. The second kappa shape index (κ2) is 9.13. The molecule has 0 spiro atoms. The van der Waals surface area contributed by atoms with Gasteiger partial charge in [0, 0.05) is 6.54 Å². The SMILES string of the molecule is Nc1nc(NN=Cc2ccc(C(F)(F)F)cc2)nc(NNCc2ccc(F)cc2)n1. The van der Waals surface area contributed by atoms with Crippen molar-refractivity contribution in [2.24, 2.45) is 5.10 Å². The fourth-order valence-corrected chi connectivity index (χ4v) is 2.25. The van der Waals surface area contributed by atoms with Crippen molar-refractivity contribution in [3.8, 4) is 0 Å². The van der Waals surface area contributed by atoms with E-state index in [4.69, 9.17) is 5.73 Å². The fraction of sp³-hybridized carbons (Fsp3) is 0.111. The number of nitrogens with two attached hydrogens (primary N) is 1.